The summed E-state index contributed by atoms with van der Waals surface area (Å²) >= 11 is 0. The van der Waals surface area contributed by atoms with Gasteiger partial charge in [0.05, 0.1) is 12.3 Å². The first-order chi connectivity index (χ1) is 7.28. The summed E-state index contributed by atoms with van der Waals surface area (Å²) in [7, 11) is 0. The van der Waals surface area contributed by atoms with E-state index < -0.39 is 0 Å². The maximum Gasteiger partial charge on any atom is 0.115 e. The Morgan fingerprint density at radius 1 is 1.27 bits per heavy atom. The SMILES string of the molecule is OCc1cc(Cc2cccc(O)c2)[nH]n1. The number of rotatable bonds is 3. The van der Waals surface area contributed by atoms with Gasteiger partial charge in [-0.05, 0) is 23.8 Å². The molecule has 0 unspecified atom stereocenters. The van der Waals surface area contributed by atoms with E-state index in [1.807, 2.05) is 12.1 Å². The first-order valence-electron chi connectivity index (χ1n) is 4.70. The second kappa shape index (κ2) is 4.14. The van der Waals surface area contributed by atoms with Crippen LogP contribution in [0.1, 0.15) is 17.0 Å². The van der Waals surface area contributed by atoms with Crippen LogP contribution >= 0.6 is 0 Å². The number of aliphatic hydroxyl groups excluding tert-OH is 1. The summed E-state index contributed by atoms with van der Waals surface area (Å²) in [6, 6.07) is 8.88. The molecule has 2 aromatic rings. The molecule has 78 valence electrons. The lowest BCUT2D eigenvalue weighted by Crippen LogP contribution is -1.87. The van der Waals surface area contributed by atoms with Gasteiger partial charge in [-0.25, -0.2) is 0 Å². The highest BCUT2D eigenvalue weighted by molar-refractivity contribution is 5.30. The van der Waals surface area contributed by atoms with E-state index in [1.165, 1.54) is 0 Å². The minimum atomic E-state index is -0.0590. The molecule has 0 aliphatic carbocycles. The molecule has 0 fully saturated rings. The van der Waals surface area contributed by atoms with Gasteiger partial charge in [-0.1, -0.05) is 12.1 Å². The number of nitrogens with one attached hydrogen (secondary N) is 1. The number of hydrogen-bond acceptors (Lipinski definition) is 3. The minimum absolute atomic E-state index is 0.0590. The molecule has 3 N–H and O–H groups in total. The van der Waals surface area contributed by atoms with Crippen molar-refractivity contribution in [2.45, 2.75) is 13.0 Å². The first kappa shape index (κ1) is 9.73. The van der Waals surface area contributed by atoms with Crippen molar-refractivity contribution in [2.75, 3.05) is 0 Å². The first-order valence-corrected chi connectivity index (χ1v) is 4.70. The molecular weight excluding hydrogens is 192 g/mol. The lowest BCUT2D eigenvalue weighted by Gasteiger charge is -1.98. The largest absolute Gasteiger partial charge is 0.508 e. The fraction of sp³-hybridized carbons (Fsp3) is 0.182. The average molecular weight is 204 g/mol. The zero-order valence-corrected chi connectivity index (χ0v) is 8.14. The van der Waals surface area contributed by atoms with Gasteiger partial charge in [0.25, 0.3) is 0 Å². The molecule has 1 aromatic carbocycles. The van der Waals surface area contributed by atoms with Crippen molar-refractivity contribution in [3.63, 3.8) is 0 Å². The van der Waals surface area contributed by atoms with Gasteiger partial charge in [0.15, 0.2) is 0 Å². The van der Waals surface area contributed by atoms with Crippen molar-refractivity contribution in [3.8, 4) is 5.75 Å². The Hall–Kier alpha value is -1.81. The Morgan fingerprint density at radius 2 is 2.13 bits per heavy atom. The molecule has 0 radical (unpaired) electrons. The second-order valence-electron chi connectivity index (χ2n) is 3.39. The molecule has 4 nitrogen and oxygen atoms in total. The molecular formula is C11H12N2O2. The molecule has 1 heterocycles. The second-order valence-corrected chi connectivity index (χ2v) is 3.39. The highest BCUT2D eigenvalue weighted by Crippen LogP contribution is 2.14. The van der Waals surface area contributed by atoms with E-state index >= 15 is 0 Å². The number of phenolic OH excluding ortho intramolecular Hbond substituents is 1. The third-order valence-electron chi connectivity index (χ3n) is 2.15. The highest BCUT2D eigenvalue weighted by atomic mass is 16.3. The summed E-state index contributed by atoms with van der Waals surface area (Å²) in [4.78, 5) is 0. The molecule has 0 bridgehead atoms. The molecule has 2 rings (SSSR count). The monoisotopic (exact) mass is 204 g/mol. The summed E-state index contributed by atoms with van der Waals surface area (Å²) in [6.45, 7) is -0.0590. The molecule has 0 spiro atoms. The smallest absolute Gasteiger partial charge is 0.115 e. The van der Waals surface area contributed by atoms with Crippen LogP contribution in [-0.4, -0.2) is 20.4 Å². The summed E-state index contributed by atoms with van der Waals surface area (Å²) in [6.07, 6.45) is 0.668. The number of hydrogen-bond donors (Lipinski definition) is 3. The van der Waals surface area contributed by atoms with E-state index in [1.54, 1.807) is 18.2 Å². The van der Waals surface area contributed by atoms with Gasteiger partial charge in [-0.15, -0.1) is 0 Å². The van der Waals surface area contributed by atoms with E-state index in [4.69, 9.17) is 5.11 Å². The third kappa shape index (κ3) is 2.35. The number of aromatic hydroxyl groups is 1. The Bertz CT molecular complexity index is 451. The van der Waals surface area contributed by atoms with E-state index in [-0.39, 0.29) is 12.4 Å². The predicted molar refractivity (Wildman–Crippen MR) is 55.4 cm³/mol. The Labute approximate surface area is 87.2 Å². The molecule has 0 aliphatic heterocycles. The van der Waals surface area contributed by atoms with Crippen LogP contribution in [0.3, 0.4) is 0 Å². The molecule has 1 aromatic heterocycles. The summed E-state index contributed by atoms with van der Waals surface area (Å²) in [5.41, 5.74) is 2.55. The minimum Gasteiger partial charge on any atom is -0.508 e. The van der Waals surface area contributed by atoms with Crippen LogP contribution in [0.25, 0.3) is 0 Å². The fourth-order valence-corrected chi connectivity index (χ4v) is 1.47. The van der Waals surface area contributed by atoms with Crippen molar-refractivity contribution in [1.82, 2.24) is 10.2 Å². The van der Waals surface area contributed by atoms with Crippen LogP contribution in [0.4, 0.5) is 0 Å². The zero-order valence-electron chi connectivity index (χ0n) is 8.14. The maximum atomic E-state index is 9.28. The summed E-state index contributed by atoms with van der Waals surface area (Å²) in [5, 5.41) is 24.9. The number of aromatic nitrogens is 2. The van der Waals surface area contributed by atoms with Crippen LogP contribution in [0.2, 0.25) is 0 Å². The predicted octanol–water partition coefficient (Wildman–Crippen LogP) is 1.20. The summed E-state index contributed by atoms with van der Waals surface area (Å²) < 4.78 is 0. The topological polar surface area (TPSA) is 69.1 Å². The Kier molecular flexibility index (Phi) is 2.69. The van der Waals surface area contributed by atoms with Gasteiger partial charge in [0.1, 0.15) is 5.75 Å². The van der Waals surface area contributed by atoms with Crippen LogP contribution in [0, 0.1) is 0 Å². The quantitative estimate of drug-likeness (QED) is 0.703. The lowest BCUT2D eigenvalue weighted by molar-refractivity contribution is 0.276. The fourth-order valence-electron chi connectivity index (χ4n) is 1.47. The normalized spacial score (nSPS) is 10.5. The number of benzene rings is 1. The zero-order chi connectivity index (χ0) is 10.7. The molecule has 15 heavy (non-hydrogen) atoms. The van der Waals surface area contributed by atoms with Crippen molar-refractivity contribution in [2.24, 2.45) is 0 Å². The van der Waals surface area contributed by atoms with E-state index in [9.17, 15) is 5.11 Å². The van der Waals surface area contributed by atoms with Crippen molar-refractivity contribution in [3.05, 3.63) is 47.3 Å². The van der Waals surface area contributed by atoms with Crippen LogP contribution in [0.15, 0.2) is 30.3 Å². The van der Waals surface area contributed by atoms with Crippen LogP contribution < -0.4 is 0 Å². The van der Waals surface area contributed by atoms with Crippen molar-refractivity contribution in [1.29, 1.82) is 0 Å². The van der Waals surface area contributed by atoms with Gasteiger partial charge < -0.3 is 10.2 Å². The van der Waals surface area contributed by atoms with Crippen LogP contribution in [-0.2, 0) is 13.0 Å². The van der Waals surface area contributed by atoms with Crippen molar-refractivity contribution >= 4 is 0 Å². The molecule has 0 atom stereocenters. The summed E-state index contributed by atoms with van der Waals surface area (Å²) in [5.74, 6) is 0.259. The van der Waals surface area contributed by atoms with Crippen molar-refractivity contribution < 1.29 is 10.2 Å². The van der Waals surface area contributed by atoms with Gasteiger partial charge in [0, 0.05) is 12.1 Å². The highest BCUT2D eigenvalue weighted by Gasteiger charge is 2.01. The van der Waals surface area contributed by atoms with E-state index in [2.05, 4.69) is 10.2 Å². The number of aromatic amines is 1. The standard InChI is InChI=1S/C11H12N2O2/c14-7-10-6-9(12-13-10)4-8-2-1-3-11(15)5-8/h1-3,5-6,14-15H,4,7H2,(H,12,13). The average Bonchev–Trinajstić information content (AvgIpc) is 2.65. The molecule has 0 amide bonds. The molecule has 0 saturated carbocycles. The van der Waals surface area contributed by atoms with Gasteiger partial charge in [0.2, 0.25) is 0 Å². The maximum absolute atomic E-state index is 9.28. The molecule has 4 heteroatoms. The number of aliphatic hydroxyl groups is 1. The number of nitrogens with zero attached hydrogens (tertiary/aromatic N) is 1. The number of phenols is 1. The van der Waals surface area contributed by atoms with Gasteiger partial charge in [-0.2, -0.15) is 5.10 Å². The molecule has 0 saturated heterocycles. The Morgan fingerprint density at radius 3 is 2.80 bits per heavy atom. The van der Waals surface area contributed by atoms with Gasteiger partial charge >= 0.3 is 0 Å². The third-order valence-corrected chi connectivity index (χ3v) is 2.15. The van der Waals surface area contributed by atoms with E-state index in [0.29, 0.717) is 12.1 Å². The van der Waals surface area contributed by atoms with Gasteiger partial charge in [-0.3, -0.25) is 5.10 Å². The molecule has 0 aliphatic rings. The van der Waals surface area contributed by atoms with E-state index in [0.717, 1.165) is 11.3 Å². The Balaban J connectivity index is 2.14. The lowest BCUT2D eigenvalue weighted by atomic mass is 10.1. The number of H-pyrrole nitrogens is 1. The van der Waals surface area contributed by atoms with Crippen LogP contribution in [0.5, 0.6) is 5.75 Å².